The van der Waals surface area contributed by atoms with Crippen LogP contribution < -0.4 is 10.6 Å². The van der Waals surface area contributed by atoms with Gasteiger partial charge in [0.05, 0.1) is 6.26 Å². The minimum absolute atomic E-state index is 0.00107. The summed E-state index contributed by atoms with van der Waals surface area (Å²) in [4.78, 5) is 12.2. The van der Waals surface area contributed by atoms with Crippen molar-refractivity contribution in [3.63, 3.8) is 0 Å². The van der Waals surface area contributed by atoms with E-state index in [1.165, 1.54) is 0 Å². The molecule has 0 aliphatic heterocycles. The number of nitrogens with one attached hydrogen (secondary N) is 1. The predicted octanol–water partition coefficient (Wildman–Crippen LogP) is 1.60. The lowest BCUT2D eigenvalue weighted by Crippen LogP contribution is -2.92. The van der Waals surface area contributed by atoms with Gasteiger partial charge in [-0.15, -0.1) is 0 Å². The van der Waals surface area contributed by atoms with E-state index >= 15 is 0 Å². The van der Waals surface area contributed by atoms with Crippen LogP contribution in [0.2, 0.25) is 0 Å². The third-order valence-corrected chi connectivity index (χ3v) is 3.83. The van der Waals surface area contributed by atoms with E-state index in [1.54, 1.807) is 6.26 Å². The van der Waals surface area contributed by atoms with Crippen molar-refractivity contribution >= 4 is 5.91 Å². The van der Waals surface area contributed by atoms with Gasteiger partial charge >= 0.3 is 0 Å². The Morgan fingerprint density at radius 3 is 2.62 bits per heavy atom. The van der Waals surface area contributed by atoms with Gasteiger partial charge in [0.1, 0.15) is 0 Å². The highest BCUT2D eigenvalue weighted by atomic mass is 16.3. The van der Waals surface area contributed by atoms with Crippen LogP contribution in [-0.2, 0) is 4.79 Å². The van der Waals surface area contributed by atoms with Gasteiger partial charge in [-0.2, -0.15) is 0 Å². The maximum absolute atomic E-state index is 12.2. The van der Waals surface area contributed by atoms with E-state index in [0.29, 0.717) is 6.04 Å². The van der Waals surface area contributed by atoms with Crippen LogP contribution >= 0.6 is 0 Å². The molecule has 0 spiro atoms. The second-order valence-electron chi connectivity index (χ2n) is 5.67. The average molecular weight is 285 g/mol. The molecular weight excluding hydrogens is 264 g/mol. The molecule has 1 heterocycles. The van der Waals surface area contributed by atoms with Gasteiger partial charge in [-0.3, -0.25) is 4.79 Å². The van der Waals surface area contributed by atoms with Gasteiger partial charge in [0, 0.05) is 11.6 Å². The van der Waals surface area contributed by atoms with Crippen molar-refractivity contribution in [2.45, 2.75) is 37.9 Å². The highest BCUT2D eigenvalue weighted by Gasteiger charge is 2.30. The molecule has 0 radical (unpaired) electrons. The predicted molar refractivity (Wildman–Crippen MR) is 79.5 cm³/mol. The quantitative estimate of drug-likeness (QED) is 0.847. The van der Waals surface area contributed by atoms with Crippen LogP contribution in [0.25, 0.3) is 0 Å². The number of furan rings is 1. The molecule has 1 aromatic heterocycles. The van der Waals surface area contributed by atoms with Crippen LogP contribution in [0.15, 0.2) is 53.1 Å². The zero-order valence-corrected chi connectivity index (χ0v) is 12.2. The van der Waals surface area contributed by atoms with Gasteiger partial charge in [0.25, 0.3) is 5.91 Å². The van der Waals surface area contributed by atoms with E-state index < -0.39 is 0 Å². The summed E-state index contributed by atoms with van der Waals surface area (Å²) in [6.07, 6.45) is 3.89. The van der Waals surface area contributed by atoms with E-state index in [2.05, 4.69) is 22.8 Å². The first-order chi connectivity index (χ1) is 10.2. The third-order valence-electron chi connectivity index (χ3n) is 3.83. The lowest BCUT2D eigenvalue weighted by Gasteiger charge is -2.18. The molecule has 1 aliphatic rings. The maximum atomic E-state index is 12.2. The van der Waals surface area contributed by atoms with Crippen LogP contribution in [0.4, 0.5) is 0 Å². The summed E-state index contributed by atoms with van der Waals surface area (Å²) in [5.41, 5.74) is 1.14. The topological polar surface area (TPSA) is 58.9 Å². The summed E-state index contributed by atoms with van der Waals surface area (Å²) in [5, 5.41) is 5.12. The van der Waals surface area contributed by atoms with Crippen LogP contribution in [0, 0.1) is 0 Å². The molecule has 4 heteroatoms. The largest absolute Gasteiger partial charge is 0.463 e. The molecular formula is C17H21N2O2+. The van der Waals surface area contributed by atoms with Crippen molar-refractivity contribution in [3.8, 4) is 0 Å². The SMILES string of the molecule is C[C@H]([NH2+][C@H](c1ccccc1)c1ccco1)C(=O)NC1CC1. The normalized spacial score (nSPS) is 17.2. The van der Waals surface area contributed by atoms with E-state index in [0.717, 1.165) is 24.2 Å². The molecule has 3 rings (SSSR count). The highest BCUT2D eigenvalue weighted by molar-refractivity contribution is 5.80. The molecule has 1 fully saturated rings. The Labute approximate surface area is 124 Å². The molecule has 1 aromatic carbocycles. The third kappa shape index (κ3) is 3.52. The van der Waals surface area contributed by atoms with Crippen molar-refractivity contribution in [2.24, 2.45) is 0 Å². The molecule has 21 heavy (non-hydrogen) atoms. The summed E-state index contributed by atoms with van der Waals surface area (Å²) < 4.78 is 5.56. The minimum atomic E-state index is -0.152. The molecule has 1 saturated carbocycles. The van der Waals surface area contributed by atoms with Crippen LogP contribution in [-0.4, -0.2) is 18.0 Å². The molecule has 2 atom stereocenters. The van der Waals surface area contributed by atoms with Crippen molar-refractivity contribution in [1.82, 2.24) is 5.32 Å². The van der Waals surface area contributed by atoms with Crippen molar-refractivity contribution < 1.29 is 14.5 Å². The molecule has 3 N–H and O–H groups in total. The number of benzene rings is 1. The van der Waals surface area contributed by atoms with E-state index in [-0.39, 0.29) is 18.0 Å². The standard InChI is InChI=1S/C17H20N2O2/c1-12(17(20)19-14-9-10-14)18-16(15-8-5-11-21-15)13-6-3-2-4-7-13/h2-8,11-12,14,16,18H,9-10H2,1H3,(H,19,20)/p+1/t12-,16+/m0/s1. The first-order valence-electron chi connectivity index (χ1n) is 7.48. The summed E-state index contributed by atoms with van der Waals surface area (Å²) in [7, 11) is 0. The Kier molecular flexibility index (Phi) is 4.06. The molecule has 110 valence electrons. The summed E-state index contributed by atoms with van der Waals surface area (Å²) in [5.74, 6) is 0.970. The number of amides is 1. The van der Waals surface area contributed by atoms with E-state index in [1.807, 2.05) is 37.3 Å². The van der Waals surface area contributed by atoms with Crippen molar-refractivity contribution in [3.05, 3.63) is 60.1 Å². The summed E-state index contributed by atoms with van der Waals surface area (Å²) in [6, 6.07) is 14.2. The number of carbonyl (C=O) groups excluding carboxylic acids is 1. The highest BCUT2D eigenvalue weighted by Crippen LogP contribution is 2.20. The van der Waals surface area contributed by atoms with Gasteiger partial charge in [0.15, 0.2) is 17.8 Å². The van der Waals surface area contributed by atoms with Gasteiger partial charge in [-0.25, -0.2) is 0 Å². The van der Waals surface area contributed by atoms with Gasteiger partial charge in [0.2, 0.25) is 0 Å². The molecule has 0 saturated heterocycles. The smallest absolute Gasteiger partial charge is 0.278 e. The van der Waals surface area contributed by atoms with Crippen molar-refractivity contribution in [1.29, 1.82) is 0 Å². The first-order valence-corrected chi connectivity index (χ1v) is 7.48. The van der Waals surface area contributed by atoms with Crippen molar-refractivity contribution in [2.75, 3.05) is 0 Å². The Balaban J connectivity index is 1.74. The Morgan fingerprint density at radius 2 is 2.00 bits per heavy atom. The summed E-state index contributed by atoms with van der Waals surface area (Å²) >= 11 is 0. The number of nitrogens with two attached hydrogens (primary N) is 1. The van der Waals surface area contributed by atoms with Gasteiger partial charge in [-0.1, -0.05) is 30.3 Å². The number of hydrogen-bond acceptors (Lipinski definition) is 2. The van der Waals surface area contributed by atoms with Crippen LogP contribution in [0.1, 0.15) is 37.1 Å². The maximum Gasteiger partial charge on any atom is 0.278 e. The second kappa shape index (κ2) is 6.14. The molecule has 1 amide bonds. The Bertz CT molecular complexity index is 576. The molecule has 0 bridgehead atoms. The van der Waals surface area contributed by atoms with Crippen LogP contribution in [0.3, 0.4) is 0 Å². The average Bonchev–Trinajstić information content (AvgIpc) is 3.16. The molecule has 2 aromatic rings. The first kappa shape index (κ1) is 13.9. The monoisotopic (exact) mass is 285 g/mol. The van der Waals surface area contributed by atoms with Gasteiger partial charge < -0.3 is 15.1 Å². The fourth-order valence-electron chi connectivity index (χ4n) is 2.44. The van der Waals surface area contributed by atoms with Gasteiger partial charge in [-0.05, 0) is 31.9 Å². The number of quaternary nitrogens is 1. The summed E-state index contributed by atoms with van der Waals surface area (Å²) in [6.45, 7) is 1.94. The molecule has 4 nitrogen and oxygen atoms in total. The Hall–Kier alpha value is -2.07. The molecule has 1 aliphatic carbocycles. The fourth-order valence-corrected chi connectivity index (χ4v) is 2.44. The minimum Gasteiger partial charge on any atom is -0.463 e. The fraction of sp³-hybridized carbons (Fsp3) is 0.353. The second-order valence-corrected chi connectivity index (χ2v) is 5.67. The number of rotatable bonds is 6. The van der Waals surface area contributed by atoms with E-state index in [9.17, 15) is 4.79 Å². The van der Waals surface area contributed by atoms with E-state index in [4.69, 9.17) is 4.42 Å². The molecule has 0 unspecified atom stereocenters. The zero-order valence-electron chi connectivity index (χ0n) is 12.2. The number of carbonyl (C=O) groups is 1. The zero-order chi connectivity index (χ0) is 14.7. The lowest BCUT2D eigenvalue weighted by atomic mass is 10.0. The van der Waals surface area contributed by atoms with Crippen LogP contribution in [0.5, 0.6) is 0 Å². The Morgan fingerprint density at radius 1 is 1.24 bits per heavy atom. The number of hydrogen-bond donors (Lipinski definition) is 2. The lowest BCUT2D eigenvalue weighted by molar-refractivity contribution is -0.706.